The number of rotatable bonds is 2. The maximum atomic E-state index is 12.7. The van der Waals surface area contributed by atoms with Gasteiger partial charge in [-0.15, -0.1) is 0 Å². The van der Waals surface area contributed by atoms with Crippen molar-refractivity contribution in [2.24, 2.45) is 0 Å². The lowest BCUT2D eigenvalue weighted by Crippen LogP contribution is -2.55. The standard InChI is InChI=1S/C20H22N4O2/c1-23-18(25)13-17(15-5-3-2-4-6-15)20(23)8-11-24(12-9-20)19(26)16-7-10-21-22-14-16/h2-7,10,14,17H,8-9,11-13H2,1H3/t17-/m0/s1. The molecule has 1 spiro atoms. The highest BCUT2D eigenvalue weighted by molar-refractivity contribution is 5.94. The predicted octanol–water partition coefficient (Wildman–Crippen LogP) is 2.10. The topological polar surface area (TPSA) is 66.4 Å². The summed E-state index contributed by atoms with van der Waals surface area (Å²) in [4.78, 5) is 29.0. The van der Waals surface area contributed by atoms with Gasteiger partial charge in [-0.3, -0.25) is 9.59 Å². The highest BCUT2D eigenvalue weighted by Gasteiger charge is 2.52. The van der Waals surface area contributed by atoms with E-state index in [-0.39, 0.29) is 23.3 Å². The zero-order valence-electron chi connectivity index (χ0n) is 14.8. The second-order valence-corrected chi connectivity index (χ2v) is 7.15. The van der Waals surface area contributed by atoms with E-state index in [2.05, 4.69) is 22.3 Å². The van der Waals surface area contributed by atoms with Crippen molar-refractivity contribution in [3.05, 3.63) is 59.9 Å². The Labute approximate surface area is 152 Å². The minimum atomic E-state index is -0.203. The van der Waals surface area contributed by atoms with Crippen LogP contribution in [0.25, 0.3) is 0 Å². The summed E-state index contributed by atoms with van der Waals surface area (Å²) in [6, 6.07) is 12.0. The van der Waals surface area contributed by atoms with Gasteiger partial charge >= 0.3 is 0 Å². The first kappa shape index (κ1) is 16.7. The van der Waals surface area contributed by atoms with Gasteiger partial charge in [0, 0.05) is 32.5 Å². The van der Waals surface area contributed by atoms with Crippen molar-refractivity contribution in [2.75, 3.05) is 20.1 Å². The van der Waals surface area contributed by atoms with E-state index in [9.17, 15) is 9.59 Å². The number of carbonyl (C=O) groups excluding carboxylic acids is 2. The molecule has 134 valence electrons. The third-order valence-electron chi connectivity index (χ3n) is 6.02. The molecule has 0 radical (unpaired) electrons. The van der Waals surface area contributed by atoms with Crippen LogP contribution in [0.3, 0.4) is 0 Å². The van der Waals surface area contributed by atoms with E-state index in [1.54, 1.807) is 6.07 Å². The summed E-state index contributed by atoms with van der Waals surface area (Å²) in [5.41, 5.74) is 1.57. The van der Waals surface area contributed by atoms with Crippen molar-refractivity contribution in [1.29, 1.82) is 0 Å². The van der Waals surface area contributed by atoms with E-state index < -0.39 is 0 Å². The first-order chi connectivity index (χ1) is 12.6. The zero-order valence-corrected chi connectivity index (χ0v) is 14.8. The highest BCUT2D eigenvalue weighted by Crippen LogP contribution is 2.48. The molecule has 2 fully saturated rings. The Morgan fingerprint density at radius 1 is 1.12 bits per heavy atom. The molecule has 2 aliphatic heterocycles. The number of hydrogen-bond acceptors (Lipinski definition) is 4. The summed E-state index contributed by atoms with van der Waals surface area (Å²) in [5, 5.41) is 7.52. The average Bonchev–Trinajstić information content (AvgIpc) is 2.94. The van der Waals surface area contributed by atoms with Crippen molar-refractivity contribution in [2.45, 2.75) is 30.7 Å². The molecule has 1 aromatic heterocycles. The van der Waals surface area contributed by atoms with Crippen LogP contribution in [0, 0.1) is 0 Å². The number of nitrogens with zero attached hydrogens (tertiary/aromatic N) is 4. The number of likely N-dealkylation sites (N-methyl/N-ethyl adjacent to an activating group) is 1. The molecular formula is C20H22N4O2. The molecule has 2 aliphatic rings. The Morgan fingerprint density at radius 3 is 2.50 bits per heavy atom. The van der Waals surface area contributed by atoms with Crippen LogP contribution in [-0.4, -0.2) is 57.5 Å². The summed E-state index contributed by atoms with van der Waals surface area (Å²) in [5.74, 6) is 0.357. The van der Waals surface area contributed by atoms with Crippen LogP contribution in [-0.2, 0) is 4.79 Å². The molecule has 0 unspecified atom stereocenters. The number of hydrogen-bond donors (Lipinski definition) is 0. The minimum absolute atomic E-state index is 0.0158. The largest absolute Gasteiger partial charge is 0.339 e. The van der Waals surface area contributed by atoms with E-state index in [0.29, 0.717) is 25.1 Å². The predicted molar refractivity (Wildman–Crippen MR) is 96.5 cm³/mol. The normalized spacial score (nSPS) is 22.0. The van der Waals surface area contributed by atoms with Gasteiger partial charge in [0.05, 0.1) is 23.5 Å². The summed E-state index contributed by atoms with van der Waals surface area (Å²) in [6.45, 7) is 1.28. The van der Waals surface area contributed by atoms with Crippen LogP contribution in [0.15, 0.2) is 48.8 Å². The fourth-order valence-corrected chi connectivity index (χ4v) is 4.48. The van der Waals surface area contributed by atoms with Gasteiger partial charge in [0.25, 0.3) is 5.91 Å². The molecule has 6 nitrogen and oxygen atoms in total. The maximum absolute atomic E-state index is 12.7. The summed E-state index contributed by atoms with van der Waals surface area (Å²) in [7, 11) is 1.91. The second kappa shape index (κ2) is 6.52. The molecule has 0 N–H and O–H groups in total. The van der Waals surface area contributed by atoms with Crippen LogP contribution < -0.4 is 0 Å². The molecule has 0 bridgehead atoms. The average molecular weight is 350 g/mol. The summed E-state index contributed by atoms with van der Waals surface area (Å²) in [6.07, 6.45) is 5.17. The highest BCUT2D eigenvalue weighted by atomic mass is 16.2. The monoisotopic (exact) mass is 350 g/mol. The number of carbonyl (C=O) groups is 2. The van der Waals surface area contributed by atoms with Gasteiger partial charge in [0.15, 0.2) is 0 Å². The van der Waals surface area contributed by atoms with Crippen molar-refractivity contribution in [3.8, 4) is 0 Å². The Bertz CT molecular complexity index is 801. The van der Waals surface area contributed by atoms with Crippen LogP contribution in [0.5, 0.6) is 0 Å². The fourth-order valence-electron chi connectivity index (χ4n) is 4.48. The maximum Gasteiger partial charge on any atom is 0.255 e. The van der Waals surface area contributed by atoms with Crippen LogP contribution in [0.4, 0.5) is 0 Å². The van der Waals surface area contributed by atoms with Gasteiger partial charge < -0.3 is 9.80 Å². The van der Waals surface area contributed by atoms with E-state index in [0.717, 1.165) is 12.8 Å². The molecule has 2 aromatic rings. The van der Waals surface area contributed by atoms with Crippen molar-refractivity contribution < 1.29 is 9.59 Å². The van der Waals surface area contributed by atoms with Gasteiger partial charge in [-0.05, 0) is 24.5 Å². The number of likely N-dealkylation sites (tertiary alicyclic amines) is 2. The number of piperidine rings is 1. The summed E-state index contributed by atoms with van der Waals surface area (Å²) >= 11 is 0. The van der Waals surface area contributed by atoms with Crippen LogP contribution >= 0.6 is 0 Å². The molecule has 0 aliphatic carbocycles. The molecule has 1 atom stereocenters. The first-order valence-electron chi connectivity index (χ1n) is 8.99. The third kappa shape index (κ3) is 2.66. The molecule has 2 saturated heterocycles. The zero-order chi connectivity index (χ0) is 18.1. The lowest BCUT2D eigenvalue weighted by molar-refractivity contribution is -0.130. The Morgan fingerprint density at radius 2 is 1.85 bits per heavy atom. The van der Waals surface area contributed by atoms with Gasteiger partial charge in [-0.2, -0.15) is 10.2 Å². The first-order valence-corrected chi connectivity index (χ1v) is 8.99. The van der Waals surface area contributed by atoms with E-state index >= 15 is 0 Å². The number of amides is 2. The van der Waals surface area contributed by atoms with E-state index in [1.165, 1.54) is 18.0 Å². The minimum Gasteiger partial charge on any atom is -0.339 e. The smallest absolute Gasteiger partial charge is 0.255 e. The molecule has 6 heteroatoms. The summed E-state index contributed by atoms with van der Waals surface area (Å²) < 4.78 is 0. The van der Waals surface area contributed by atoms with Crippen LogP contribution in [0.2, 0.25) is 0 Å². The second-order valence-electron chi connectivity index (χ2n) is 7.15. The van der Waals surface area contributed by atoms with Crippen molar-refractivity contribution in [3.63, 3.8) is 0 Å². The lowest BCUT2D eigenvalue weighted by Gasteiger charge is -2.46. The van der Waals surface area contributed by atoms with E-state index in [4.69, 9.17) is 0 Å². The van der Waals surface area contributed by atoms with Crippen LogP contribution in [0.1, 0.15) is 41.1 Å². The Hall–Kier alpha value is -2.76. The quantitative estimate of drug-likeness (QED) is 0.832. The van der Waals surface area contributed by atoms with Crippen molar-refractivity contribution in [1.82, 2.24) is 20.0 Å². The molecule has 26 heavy (non-hydrogen) atoms. The molecule has 4 rings (SSSR count). The van der Waals surface area contributed by atoms with Gasteiger partial charge in [0.1, 0.15) is 0 Å². The lowest BCUT2D eigenvalue weighted by atomic mass is 9.73. The Kier molecular flexibility index (Phi) is 4.18. The SMILES string of the molecule is CN1C(=O)C[C@@H](c2ccccc2)C12CCN(C(=O)c1ccnnc1)CC2. The van der Waals surface area contributed by atoms with Gasteiger partial charge in [0.2, 0.25) is 5.91 Å². The van der Waals surface area contributed by atoms with E-state index in [1.807, 2.05) is 35.0 Å². The van der Waals surface area contributed by atoms with Gasteiger partial charge in [-0.1, -0.05) is 30.3 Å². The molecule has 3 heterocycles. The third-order valence-corrected chi connectivity index (χ3v) is 6.02. The molecule has 2 amide bonds. The van der Waals surface area contributed by atoms with Gasteiger partial charge in [-0.25, -0.2) is 0 Å². The molecule has 0 saturated carbocycles. The van der Waals surface area contributed by atoms with Crippen molar-refractivity contribution >= 4 is 11.8 Å². The number of aromatic nitrogens is 2. The fraction of sp³-hybridized carbons (Fsp3) is 0.400. The Balaban J connectivity index is 1.56. The molecule has 1 aromatic carbocycles. The number of benzene rings is 1. The molecular weight excluding hydrogens is 328 g/mol.